The van der Waals surface area contributed by atoms with Crippen LogP contribution < -0.4 is 5.32 Å². The van der Waals surface area contributed by atoms with E-state index in [9.17, 15) is 9.59 Å². The van der Waals surface area contributed by atoms with Gasteiger partial charge in [-0.3, -0.25) is 4.79 Å². The lowest BCUT2D eigenvalue weighted by atomic mass is 9.91. The van der Waals surface area contributed by atoms with Gasteiger partial charge in [-0.25, -0.2) is 4.79 Å². The van der Waals surface area contributed by atoms with Crippen molar-refractivity contribution in [1.82, 2.24) is 20.2 Å². The molecule has 2 aromatic heterocycles. The van der Waals surface area contributed by atoms with Crippen LogP contribution in [-0.4, -0.2) is 39.1 Å². The van der Waals surface area contributed by atoms with E-state index in [1.54, 1.807) is 6.07 Å². The molecule has 136 valence electrons. The smallest absolute Gasteiger partial charge is 0.355 e. The third kappa shape index (κ3) is 2.93. The molecule has 1 N–H and O–H groups in total. The molecule has 0 bridgehead atoms. The van der Waals surface area contributed by atoms with Crippen molar-refractivity contribution in [2.24, 2.45) is 0 Å². The Labute approximate surface area is 161 Å². The average Bonchev–Trinajstić information content (AvgIpc) is 3.36. The number of anilines is 1. The van der Waals surface area contributed by atoms with E-state index in [0.717, 1.165) is 4.47 Å². The van der Waals surface area contributed by atoms with Gasteiger partial charge in [0.1, 0.15) is 11.7 Å². The Morgan fingerprint density at radius 3 is 2.85 bits per heavy atom. The lowest BCUT2D eigenvalue weighted by molar-refractivity contribution is -0.136. The van der Waals surface area contributed by atoms with Crippen molar-refractivity contribution in [3.05, 3.63) is 69.7 Å². The number of esters is 1. The van der Waals surface area contributed by atoms with Gasteiger partial charge in [-0.15, -0.1) is 0 Å². The normalized spacial score (nSPS) is 15.9. The summed E-state index contributed by atoms with van der Waals surface area (Å²) in [5.41, 5.74) is 0.789. The van der Waals surface area contributed by atoms with Gasteiger partial charge >= 0.3 is 5.97 Å². The molecule has 0 amide bonds. The summed E-state index contributed by atoms with van der Waals surface area (Å²) in [4.78, 5) is 25.6. The van der Waals surface area contributed by atoms with Crippen molar-refractivity contribution >= 4 is 33.6 Å². The fraction of sp³-hybridized carbons (Fsp3) is 0.118. The number of carbonyl (C=O) groups is 2. The monoisotopic (exact) mass is 429 g/mol. The second-order valence-corrected chi connectivity index (χ2v) is 6.53. The molecule has 0 aliphatic carbocycles. The molecule has 1 atom stereocenters. The molecule has 27 heavy (non-hydrogen) atoms. The predicted octanol–water partition coefficient (Wildman–Crippen LogP) is 2.35. The first-order valence-electron chi connectivity index (χ1n) is 7.81. The molecule has 0 saturated heterocycles. The zero-order valence-electron chi connectivity index (χ0n) is 13.9. The van der Waals surface area contributed by atoms with Gasteiger partial charge < -0.3 is 14.5 Å². The minimum Gasteiger partial charge on any atom is -0.464 e. The molecule has 0 unspecified atom stereocenters. The first-order chi connectivity index (χ1) is 13.1. The maximum atomic E-state index is 13.2. The number of fused-ring (bicyclic) bond motifs is 1. The standard InChI is InChI=1S/C17H12BrN5O4/c1-26-16(25)13-12(15(24)11-6-3-7-27-11)14(9-4-2-5-10(18)8-9)23-17(19-13)20-21-22-23/h2-8,14H,1H3,(H,19,20,22)/t14-/m0/s1. The predicted molar refractivity (Wildman–Crippen MR) is 95.8 cm³/mol. The molecule has 1 aliphatic heterocycles. The molecule has 3 aromatic rings. The maximum absolute atomic E-state index is 13.2. The van der Waals surface area contributed by atoms with Crippen molar-refractivity contribution in [3.63, 3.8) is 0 Å². The summed E-state index contributed by atoms with van der Waals surface area (Å²) in [7, 11) is 1.23. The lowest BCUT2D eigenvalue weighted by Gasteiger charge is -2.27. The van der Waals surface area contributed by atoms with Gasteiger partial charge in [0.25, 0.3) is 0 Å². The van der Waals surface area contributed by atoms with Crippen molar-refractivity contribution < 1.29 is 18.7 Å². The molecule has 4 rings (SSSR count). The molecule has 10 heteroatoms. The summed E-state index contributed by atoms with van der Waals surface area (Å²) in [5, 5.41) is 14.3. The Balaban J connectivity index is 1.97. The van der Waals surface area contributed by atoms with Crippen LogP contribution in [0.5, 0.6) is 0 Å². The van der Waals surface area contributed by atoms with Crippen LogP contribution in [0.3, 0.4) is 0 Å². The second kappa shape index (κ2) is 6.80. The van der Waals surface area contributed by atoms with Crippen LogP contribution in [0.2, 0.25) is 0 Å². The van der Waals surface area contributed by atoms with Gasteiger partial charge in [0.15, 0.2) is 5.76 Å². The lowest BCUT2D eigenvalue weighted by Crippen LogP contribution is -2.32. The third-order valence-electron chi connectivity index (χ3n) is 4.06. The molecule has 0 fully saturated rings. The number of hydrogen-bond acceptors (Lipinski definition) is 8. The van der Waals surface area contributed by atoms with E-state index in [2.05, 4.69) is 36.8 Å². The summed E-state index contributed by atoms with van der Waals surface area (Å²) in [6, 6.07) is 9.68. The number of furan rings is 1. The van der Waals surface area contributed by atoms with E-state index in [1.165, 1.54) is 24.1 Å². The van der Waals surface area contributed by atoms with Gasteiger partial charge in [0.05, 0.1) is 18.9 Å². The summed E-state index contributed by atoms with van der Waals surface area (Å²) >= 11 is 3.43. The van der Waals surface area contributed by atoms with Crippen LogP contribution in [0.4, 0.5) is 5.95 Å². The van der Waals surface area contributed by atoms with E-state index in [4.69, 9.17) is 9.15 Å². The number of Topliss-reactive ketones (excluding diaryl/α,β-unsaturated/α-hetero) is 1. The second-order valence-electron chi connectivity index (χ2n) is 5.62. The minimum absolute atomic E-state index is 0.0359. The van der Waals surface area contributed by atoms with Crippen LogP contribution in [-0.2, 0) is 9.53 Å². The number of benzene rings is 1. The Kier molecular flexibility index (Phi) is 4.32. The topological polar surface area (TPSA) is 112 Å². The summed E-state index contributed by atoms with van der Waals surface area (Å²) < 4.78 is 12.3. The number of allylic oxidation sites excluding steroid dienone is 1. The number of aromatic nitrogens is 4. The highest BCUT2D eigenvalue weighted by atomic mass is 79.9. The first kappa shape index (κ1) is 17.2. The number of hydrogen-bond donors (Lipinski definition) is 1. The molecular formula is C17H12BrN5O4. The number of tetrazole rings is 1. The molecule has 0 saturated carbocycles. The minimum atomic E-state index is -0.750. The number of nitrogens with zero attached hydrogens (tertiary/aromatic N) is 4. The Morgan fingerprint density at radius 2 is 2.15 bits per heavy atom. The average molecular weight is 430 g/mol. The Bertz CT molecular complexity index is 1060. The summed E-state index contributed by atoms with van der Waals surface area (Å²) in [6.45, 7) is 0. The fourth-order valence-electron chi connectivity index (χ4n) is 2.91. The highest BCUT2D eigenvalue weighted by molar-refractivity contribution is 9.10. The van der Waals surface area contributed by atoms with Gasteiger partial charge in [-0.05, 0) is 40.3 Å². The fourth-order valence-corrected chi connectivity index (χ4v) is 3.33. The Hall–Kier alpha value is -3.27. The highest BCUT2D eigenvalue weighted by Crippen LogP contribution is 2.37. The molecule has 1 aliphatic rings. The van der Waals surface area contributed by atoms with Crippen molar-refractivity contribution in [3.8, 4) is 0 Å². The number of nitrogens with one attached hydrogen (secondary N) is 1. The number of ketones is 1. The van der Waals surface area contributed by atoms with E-state index >= 15 is 0 Å². The van der Waals surface area contributed by atoms with E-state index in [1.807, 2.05) is 24.3 Å². The number of methoxy groups -OCH3 is 1. The molecular weight excluding hydrogens is 418 g/mol. The van der Waals surface area contributed by atoms with Gasteiger partial charge in [0.2, 0.25) is 11.7 Å². The molecule has 0 radical (unpaired) electrons. The number of rotatable bonds is 4. The zero-order chi connectivity index (χ0) is 19.0. The van der Waals surface area contributed by atoms with E-state index in [-0.39, 0.29) is 23.0 Å². The summed E-state index contributed by atoms with van der Waals surface area (Å²) in [6.07, 6.45) is 1.39. The number of carbonyl (C=O) groups excluding carboxylic acids is 2. The van der Waals surface area contributed by atoms with E-state index < -0.39 is 17.8 Å². The molecule has 1 aromatic carbocycles. The quantitative estimate of drug-likeness (QED) is 0.496. The Morgan fingerprint density at radius 1 is 1.30 bits per heavy atom. The zero-order valence-corrected chi connectivity index (χ0v) is 15.5. The van der Waals surface area contributed by atoms with Crippen molar-refractivity contribution in [2.75, 3.05) is 12.4 Å². The third-order valence-corrected chi connectivity index (χ3v) is 4.55. The van der Waals surface area contributed by atoms with Crippen LogP contribution in [0, 0.1) is 0 Å². The molecule has 0 spiro atoms. The first-order valence-corrected chi connectivity index (χ1v) is 8.60. The van der Waals surface area contributed by atoms with Gasteiger partial charge in [-0.1, -0.05) is 33.2 Å². The number of ether oxygens (including phenoxy) is 1. The van der Waals surface area contributed by atoms with Crippen LogP contribution in [0.1, 0.15) is 22.2 Å². The maximum Gasteiger partial charge on any atom is 0.355 e. The number of halogens is 1. The van der Waals surface area contributed by atoms with Crippen LogP contribution in [0.25, 0.3) is 0 Å². The van der Waals surface area contributed by atoms with Gasteiger partial charge in [0, 0.05) is 4.47 Å². The molecule has 9 nitrogen and oxygen atoms in total. The summed E-state index contributed by atoms with van der Waals surface area (Å²) in [5.74, 6) is -0.876. The van der Waals surface area contributed by atoms with Crippen molar-refractivity contribution in [2.45, 2.75) is 6.04 Å². The molecule has 3 heterocycles. The van der Waals surface area contributed by atoms with Gasteiger partial charge in [-0.2, -0.15) is 4.68 Å². The largest absolute Gasteiger partial charge is 0.464 e. The van der Waals surface area contributed by atoms with E-state index in [0.29, 0.717) is 5.56 Å². The SMILES string of the molecule is COC(=O)C1=C(C(=O)c2ccco2)[C@H](c2cccc(Br)c2)n2nnnc2N1. The highest BCUT2D eigenvalue weighted by Gasteiger charge is 2.39. The van der Waals surface area contributed by atoms with Crippen molar-refractivity contribution in [1.29, 1.82) is 0 Å². The van der Waals surface area contributed by atoms with Crippen LogP contribution >= 0.6 is 15.9 Å². The van der Waals surface area contributed by atoms with Crippen LogP contribution in [0.15, 0.2) is 62.8 Å².